The van der Waals surface area contributed by atoms with Crippen molar-refractivity contribution in [2.45, 2.75) is 26.3 Å². The Morgan fingerprint density at radius 3 is 2.62 bits per heavy atom. The van der Waals surface area contributed by atoms with Gasteiger partial charge >= 0.3 is 0 Å². The van der Waals surface area contributed by atoms with E-state index in [4.69, 9.17) is 26.2 Å². The zero-order valence-electron chi connectivity index (χ0n) is 18.2. The summed E-state index contributed by atoms with van der Waals surface area (Å²) in [6.45, 7) is 4.00. The molecule has 0 saturated carbocycles. The quantitative estimate of drug-likeness (QED) is 0.353. The summed E-state index contributed by atoms with van der Waals surface area (Å²) in [4.78, 5) is 27.4. The molecule has 2 aromatic carbocycles. The number of aliphatic hydroxyl groups excluding tert-OH is 2. The first-order chi connectivity index (χ1) is 15.3. The number of aliphatic hydroxyl groups is 2. The Hall–Kier alpha value is -3.03. The number of hydrogen-bond donors (Lipinski definition) is 2. The van der Waals surface area contributed by atoms with Crippen molar-refractivity contribution >= 4 is 29.1 Å². The van der Waals surface area contributed by atoms with E-state index < -0.39 is 17.7 Å². The van der Waals surface area contributed by atoms with E-state index in [1.807, 2.05) is 6.92 Å². The average Bonchev–Trinajstić information content (AvgIpc) is 3.02. The summed E-state index contributed by atoms with van der Waals surface area (Å²) in [5, 5.41) is 20.6. The summed E-state index contributed by atoms with van der Waals surface area (Å²) in [5.41, 5.74) is 1.57. The number of aryl methyl sites for hydroxylation is 1. The lowest BCUT2D eigenvalue weighted by Gasteiger charge is -2.25. The van der Waals surface area contributed by atoms with Crippen LogP contribution in [0.5, 0.6) is 11.5 Å². The maximum absolute atomic E-state index is 13.1. The predicted octanol–water partition coefficient (Wildman–Crippen LogP) is 3.86. The fourth-order valence-corrected chi connectivity index (χ4v) is 4.24. The minimum Gasteiger partial charge on any atom is -0.507 e. The van der Waals surface area contributed by atoms with Crippen molar-refractivity contribution < 1.29 is 29.3 Å². The van der Waals surface area contributed by atoms with Crippen molar-refractivity contribution in [1.29, 1.82) is 0 Å². The Bertz CT molecular complexity index is 1060. The molecule has 170 valence electrons. The van der Waals surface area contributed by atoms with E-state index in [1.54, 1.807) is 43.3 Å². The van der Waals surface area contributed by atoms with Gasteiger partial charge in [0.1, 0.15) is 23.9 Å². The Kier molecular flexibility index (Phi) is 7.43. The Morgan fingerprint density at radius 1 is 1.22 bits per heavy atom. The van der Waals surface area contributed by atoms with Gasteiger partial charge in [-0.05, 0) is 48.7 Å². The van der Waals surface area contributed by atoms with Crippen molar-refractivity contribution in [3.63, 3.8) is 0 Å². The van der Waals surface area contributed by atoms with Crippen molar-refractivity contribution in [2.24, 2.45) is 0 Å². The van der Waals surface area contributed by atoms with Crippen LogP contribution in [0.1, 0.15) is 36.1 Å². The lowest BCUT2D eigenvalue weighted by molar-refractivity contribution is -0.139. The molecule has 0 bridgehead atoms. The molecular weight excluding hydrogens is 434 g/mol. The largest absolute Gasteiger partial charge is 0.507 e. The van der Waals surface area contributed by atoms with Gasteiger partial charge in [0.2, 0.25) is 0 Å². The topological polar surface area (TPSA) is 96.3 Å². The van der Waals surface area contributed by atoms with E-state index in [2.05, 4.69) is 0 Å². The molecule has 1 aliphatic heterocycles. The zero-order chi connectivity index (χ0) is 23.4. The molecule has 1 aliphatic rings. The van der Waals surface area contributed by atoms with Gasteiger partial charge in [0.05, 0.1) is 35.9 Å². The first kappa shape index (κ1) is 23.6. The molecule has 0 radical (unpaired) electrons. The zero-order valence-corrected chi connectivity index (χ0v) is 19.0. The average molecular weight is 460 g/mol. The van der Waals surface area contributed by atoms with Gasteiger partial charge in [-0.1, -0.05) is 30.7 Å². The minimum atomic E-state index is -0.809. The Balaban J connectivity index is 2.23. The number of methoxy groups -OCH3 is 1. The van der Waals surface area contributed by atoms with Crippen molar-refractivity contribution in [3.05, 3.63) is 63.7 Å². The van der Waals surface area contributed by atoms with Crippen LogP contribution >= 0.6 is 11.6 Å². The van der Waals surface area contributed by atoms with Crippen LogP contribution in [-0.4, -0.2) is 53.7 Å². The predicted molar refractivity (Wildman–Crippen MR) is 121 cm³/mol. The molecule has 0 spiro atoms. The number of nitrogens with zero attached hydrogens (tertiary/aromatic N) is 1. The first-order valence-electron chi connectivity index (χ1n) is 10.3. The lowest BCUT2D eigenvalue weighted by atomic mass is 9.94. The van der Waals surface area contributed by atoms with Gasteiger partial charge < -0.3 is 24.6 Å². The standard InChI is InChI=1S/C24H26ClNO6/c1-4-8-26-20(15-6-5-7-16(13-15)32-10-9-27)19(22(29)24(26)30)21(28)17-11-14(2)12-18(25)23(17)31-3/h5-7,11-13,20,27-28H,4,8-10H2,1-3H3/b21-19+. The summed E-state index contributed by atoms with van der Waals surface area (Å²) in [6.07, 6.45) is 0.629. The number of halogens is 1. The van der Waals surface area contributed by atoms with E-state index in [0.717, 1.165) is 5.56 Å². The molecule has 1 saturated heterocycles. The fourth-order valence-electron chi connectivity index (χ4n) is 3.89. The number of rotatable bonds is 8. The maximum atomic E-state index is 13.1. The van der Waals surface area contributed by atoms with Crippen molar-refractivity contribution in [2.75, 3.05) is 26.9 Å². The molecule has 8 heteroatoms. The molecule has 32 heavy (non-hydrogen) atoms. The van der Waals surface area contributed by atoms with Crippen LogP contribution in [0.15, 0.2) is 42.0 Å². The molecule has 0 aliphatic carbocycles. The van der Waals surface area contributed by atoms with Crippen LogP contribution in [0.3, 0.4) is 0 Å². The molecule has 0 aromatic heterocycles. The minimum absolute atomic E-state index is 0.0391. The van der Waals surface area contributed by atoms with Gasteiger partial charge in [0.25, 0.3) is 11.7 Å². The normalized spacial score (nSPS) is 17.7. The van der Waals surface area contributed by atoms with Crippen LogP contribution in [-0.2, 0) is 9.59 Å². The number of likely N-dealkylation sites (tertiary alicyclic amines) is 1. The smallest absolute Gasteiger partial charge is 0.295 e. The molecule has 1 amide bonds. The molecule has 1 atom stereocenters. The first-order valence-corrected chi connectivity index (χ1v) is 10.7. The molecule has 7 nitrogen and oxygen atoms in total. The second-order valence-electron chi connectivity index (χ2n) is 7.46. The summed E-state index contributed by atoms with van der Waals surface area (Å²) in [7, 11) is 1.42. The highest BCUT2D eigenvalue weighted by Gasteiger charge is 2.46. The van der Waals surface area contributed by atoms with Crippen LogP contribution < -0.4 is 9.47 Å². The maximum Gasteiger partial charge on any atom is 0.295 e. The second-order valence-corrected chi connectivity index (χ2v) is 7.87. The highest BCUT2D eigenvalue weighted by Crippen LogP contribution is 2.43. The number of ketones is 1. The molecule has 2 N–H and O–H groups in total. The molecule has 2 aromatic rings. The van der Waals surface area contributed by atoms with Gasteiger partial charge in [0.15, 0.2) is 0 Å². The van der Waals surface area contributed by atoms with Crippen LogP contribution in [0.4, 0.5) is 0 Å². The number of benzene rings is 2. The van der Waals surface area contributed by atoms with Gasteiger partial charge in [-0.25, -0.2) is 0 Å². The van der Waals surface area contributed by atoms with E-state index in [-0.39, 0.29) is 40.9 Å². The van der Waals surface area contributed by atoms with E-state index in [1.165, 1.54) is 12.0 Å². The number of carbonyl (C=O) groups is 2. The van der Waals surface area contributed by atoms with Gasteiger partial charge in [0, 0.05) is 6.54 Å². The number of ether oxygens (including phenoxy) is 2. The molecule has 1 unspecified atom stereocenters. The Morgan fingerprint density at radius 2 is 1.97 bits per heavy atom. The fraction of sp³-hybridized carbons (Fsp3) is 0.333. The van der Waals surface area contributed by atoms with Crippen LogP contribution in [0, 0.1) is 6.92 Å². The second kappa shape index (κ2) is 10.1. The third kappa shape index (κ3) is 4.45. The molecule has 3 rings (SSSR count). The van der Waals surface area contributed by atoms with Crippen LogP contribution in [0.2, 0.25) is 5.02 Å². The molecule has 1 heterocycles. The van der Waals surface area contributed by atoms with Crippen molar-refractivity contribution in [3.8, 4) is 11.5 Å². The highest BCUT2D eigenvalue weighted by atomic mass is 35.5. The Labute approximate surface area is 191 Å². The summed E-state index contributed by atoms with van der Waals surface area (Å²) in [6, 6.07) is 9.45. The van der Waals surface area contributed by atoms with Crippen molar-refractivity contribution in [1.82, 2.24) is 4.90 Å². The van der Waals surface area contributed by atoms with Gasteiger partial charge in [-0.2, -0.15) is 0 Å². The number of amides is 1. The van der Waals surface area contributed by atoms with Crippen LogP contribution in [0.25, 0.3) is 5.76 Å². The number of Topliss-reactive ketones (excluding diaryl/α,β-unsaturated/α-hetero) is 1. The third-order valence-corrected chi connectivity index (χ3v) is 5.47. The molecule has 1 fully saturated rings. The monoisotopic (exact) mass is 459 g/mol. The number of hydrogen-bond acceptors (Lipinski definition) is 6. The van der Waals surface area contributed by atoms with E-state index in [9.17, 15) is 14.7 Å². The molecular formula is C24H26ClNO6. The summed E-state index contributed by atoms with van der Waals surface area (Å²) >= 11 is 6.29. The third-order valence-electron chi connectivity index (χ3n) is 5.19. The lowest BCUT2D eigenvalue weighted by Crippen LogP contribution is -2.30. The number of carbonyl (C=O) groups excluding carboxylic acids is 2. The van der Waals surface area contributed by atoms with Gasteiger partial charge in [-0.3, -0.25) is 9.59 Å². The summed E-state index contributed by atoms with van der Waals surface area (Å²) in [5.74, 6) is -1.11. The van der Waals surface area contributed by atoms with Gasteiger partial charge in [-0.15, -0.1) is 0 Å². The van der Waals surface area contributed by atoms with E-state index in [0.29, 0.717) is 24.3 Å². The summed E-state index contributed by atoms with van der Waals surface area (Å²) < 4.78 is 10.9. The van der Waals surface area contributed by atoms with E-state index >= 15 is 0 Å². The highest BCUT2D eigenvalue weighted by molar-refractivity contribution is 6.46. The SMILES string of the molecule is CCCN1C(=O)C(=O)/C(=C(/O)c2cc(C)cc(Cl)c2OC)C1c1cccc(OCCO)c1.